The zero-order valence-electron chi connectivity index (χ0n) is 13.3. The Balaban J connectivity index is 1.74. The molecule has 3 rings (SSSR count). The lowest BCUT2D eigenvalue weighted by Gasteiger charge is -2.35. The van der Waals surface area contributed by atoms with Gasteiger partial charge in [-0.3, -0.25) is 0 Å². The molecule has 1 aromatic heterocycles. The van der Waals surface area contributed by atoms with Gasteiger partial charge in [0.1, 0.15) is 11.4 Å². The molecule has 0 amide bonds. The van der Waals surface area contributed by atoms with Crippen molar-refractivity contribution in [3.8, 4) is 0 Å². The number of hydrogen-bond acceptors (Lipinski definition) is 4. The van der Waals surface area contributed by atoms with Crippen LogP contribution in [0.3, 0.4) is 0 Å². The van der Waals surface area contributed by atoms with Gasteiger partial charge >= 0.3 is 0 Å². The summed E-state index contributed by atoms with van der Waals surface area (Å²) in [6.07, 6.45) is -0.438. The van der Waals surface area contributed by atoms with Crippen LogP contribution >= 0.6 is 0 Å². The lowest BCUT2D eigenvalue weighted by Crippen LogP contribution is -2.35. The van der Waals surface area contributed by atoms with Gasteiger partial charge in [0.15, 0.2) is 5.82 Å². The van der Waals surface area contributed by atoms with E-state index >= 15 is 0 Å². The van der Waals surface area contributed by atoms with Crippen molar-refractivity contribution >= 4 is 0 Å². The third kappa shape index (κ3) is 3.45. The molecule has 7 heteroatoms. The van der Waals surface area contributed by atoms with Crippen molar-refractivity contribution in [2.75, 3.05) is 7.11 Å². The van der Waals surface area contributed by atoms with Crippen LogP contribution in [0.15, 0.2) is 28.8 Å². The molecule has 130 valence electrons. The van der Waals surface area contributed by atoms with Gasteiger partial charge in [-0.1, -0.05) is 17.3 Å². The number of hydrogen-bond donors (Lipinski definition) is 0. The van der Waals surface area contributed by atoms with Crippen LogP contribution in [0.2, 0.25) is 0 Å². The van der Waals surface area contributed by atoms with E-state index in [9.17, 15) is 13.2 Å². The molecule has 0 N–H and O–H groups in total. The minimum Gasteiger partial charge on any atom is -0.368 e. The first kappa shape index (κ1) is 17.0. The fourth-order valence-electron chi connectivity index (χ4n) is 3.20. The highest BCUT2D eigenvalue weighted by Crippen LogP contribution is 2.43. The van der Waals surface area contributed by atoms with E-state index in [1.165, 1.54) is 19.2 Å². The second-order valence-corrected chi connectivity index (χ2v) is 6.19. The number of rotatable bonds is 5. The van der Waals surface area contributed by atoms with Crippen LogP contribution in [0.25, 0.3) is 0 Å². The topological polar surface area (TPSA) is 48.2 Å². The van der Waals surface area contributed by atoms with Gasteiger partial charge in [0, 0.05) is 19.4 Å². The van der Waals surface area contributed by atoms with Crippen molar-refractivity contribution < 1.29 is 22.4 Å². The smallest absolute Gasteiger partial charge is 0.258 e. The van der Waals surface area contributed by atoms with E-state index < -0.39 is 17.9 Å². The van der Waals surface area contributed by atoms with Crippen LogP contribution in [0.4, 0.5) is 13.2 Å². The van der Waals surface area contributed by atoms with Crippen molar-refractivity contribution in [1.82, 2.24) is 10.1 Å². The van der Waals surface area contributed by atoms with Crippen LogP contribution in [0.5, 0.6) is 0 Å². The molecule has 24 heavy (non-hydrogen) atoms. The molecule has 1 heterocycles. The van der Waals surface area contributed by atoms with Crippen molar-refractivity contribution in [3.63, 3.8) is 0 Å². The Kier molecular flexibility index (Phi) is 4.89. The van der Waals surface area contributed by atoms with Gasteiger partial charge in [-0.05, 0) is 43.4 Å². The van der Waals surface area contributed by atoms with E-state index in [4.69, 9.17) is 9.26 Å². The summed E-state index contributed by atoms with van der Waals surface area (Å²) < 4.78 is 49.8. The fourth-order valence-corrected chi connectivity index (χ4v) is 3.20. The SMILES string of the molecule is COC1(c2nc(Cc3cccc(F)c3)no2)CCC(C(F)F)CC1. The third-order valence-corrected chi connectivity index (χ3v) is 4.69. The van der Waals surface area contributed by atoms with Crippen LogP contribution in [-0.2, 0) is 16.8 Å². The highest BCUT2D eigenvalue weighted by molar-refractivity contribution is 5.20. The highest BCUT2D eigenvalue weighted by Gasteiger charge is 2.43. The minimum absolute atomic E-state index is 0.309. The van der Waals surface area contributed by atoms with E-state index in [0.29, 0.717) is 43.8 Å². The summed E-state index contributed by atoms with van der Waals surface area (Å²) in [5.74, 6) is -0.204. The highest BCUT2D eigenvalue weighted by atomic mass is 19.3. The normalized spacial score (nSPS) is 24.5. The summed E-state index contributed by atoms with van der Waals surface area (Å²) in [5.41, 5.74) is -0.0753. The van der Waals surface area contributed by atoms with Gasteiger partial charge < -0.3 is 9.26 Å². The van der Waals surface area contributed by atoms with Crippen LogP contribution in [0, 0.1) is 11.7 Å². The number of methoxy groups -OCH3 is 1. The van der Waals surface area contributed by atoms with Gasteiger partial charge in [-0.25, -0.2) is 13.2 Å². The summed E-state index contributed by atoms with van der Waals surface area (Å²) in [6, 6.07) is 6.18. The van der Waals surface area contributed by atoms with Crippen LogP contribution in [0.1, 0.15) is 43.0 Å². The predicted molar refractivity (Wildman–Crippen MR) is 80.2 cm³/mol. The number of ether oxygens (including phenoxy) is 1. The molecular weight excluding hydrogens is 321 g/mol. The second-order valence-electron chi connectivity index (χ2n) is 6.19. The molecule has 1 aromatic carbocycles. The summed E-state index contributed by atoms with van der Waals surface area (Å²) in [6.45, 7) is 0. The maximum atomic E-state index is 13.2. The largest absolute Gasteiger partial charge is 0.368 e. The standard InChI is InChI=1S/C17H19F3N2O2/c1-23-17(7-5-12(6-8-17)15(19)20)16-21-14(22-24-16)10-11-3-2-4-13(18)9-11/h2-4,9,12,15H,5-8,10H2,1H3. The summed E-state index contributed by atoms with van der Waals surface area (Å²) >= 11 is 0. The molecule has 0 saturated heterocycles. The predicted octanol–water partition coefficient (Wildman–Crippen LogP) is 4.10. The first-order valence-corrected chi connectivity index (χ1v) is 7.93. The van der Waals surface area contributed by atoms with E-state index in [2.05, 4.69) is 10.1 Å². The maximum absolute atomic E-state index is 13.2. The molecule has 1 aliphatic carbocycles. The molecule has 0 atom stereocenters. The fraction of sp³-hybridized carbons (Fsp3) is 0.529. The van der Waals surface area contributed by atoms with Gasteiger partial charge in [0.2, 0.25) is 6.43 Å². The molecule has 0 aliphatic heterocycles. The minimum atomic E-state index is -2.31. The zero-order valence-corrected chi connectivity index (χ0v) is 13.3. The van der Waals surface area contributed by atoms with Gasteiger partial charge in [-0.15, -0.1) is 0 Å². The van der Waals surface area contributed by atoms with E-state index in [1.54, 1.807) is 12.1 Å². The van der Waals surface area contributed by atoms with Crippen LogP contribution in [-0.4, -0.2) is 23.7 Å². The Morgan fingerprint density at radius 1 is 1.33 bits per heavy atom. The summed E-state index contributed by atoms with van der Waals surface area (Å²) in [7, 11) is 1.53. The van der Waals surface area contributed by atoms with Gasteiger partial charge in [-0.2, -0.15) is 4.98 Å². The third-order valence-electron chi connectivity index (χ3n) is 4.69. The van der Waals surface area contributed by atoms with Crippen LogP contribution < -0.4 is 0 Å². The molecule has 0 unspecified atom stereocenters. The Morgan fingerprint density at radius 2 is 2.08 bits per heavy atom. The molecule has 1 saturated carbocycles. The van der Waals surface area contributed by atoms with E-state index in [0.717, 1.165) is 5.56 Å². The van der Waals surface area contributed by atoms with Crippen molar-refractivity contribution in [1.29, 1.82) is 0 Å². The van der Waals surface area contributed by atoms with Gasteiger partial charge in [0.05, 0.1) is 0 Å². The average molecular weight is 340 g/mol. The van der Waals surface area contributed by atoms with Gasteiger partial charge in [0.25, 0.3) is 5.89 Å². The van der Waals surface area contributed by atoms with Crippen molar-refractivity contribution in [2.24, 2.45) is 5.92 Å². The number of aromatic nitrogens is 2. The molecule has 1 aliphatic rings. The first-order chi connectivity index (χ1) is 11.5. The summed E-state index contributed by atoms with van der Waals surface area (Å²) in [5, 5.41) is 3.93. The number of benzene rings is 1. The first-order valence-electron chi connectivity index (χ1n) is 7.93. The number of halogens is 3. The molecule has 0 radical (unpaired) electrons. The Bertz CT molecular complexity index is 682. The lowest BCUT2D eigenvalue weighted by atomic mass is 9.78. The molecular formula is C17H19F3N2O2. The molecule has 2 aromatic rings. The second kappa shape index (κ2) is 6.93. The molecule has 4 nitrogen and oxygen atoms in total. The summed E-state index contributed by atoms with van der Waals surface area (Å²) in [4.78, 5) is 4.36. The quantitative estimate of drug-likeness (QED) is 0.822. The van der Waals surface area contributed by atoms with Crippen molar-refractivity contribution in [3.05, 3.63) is 47.4 Å². The Labute approximate surface area is 138 Å². The Morgan fingerprint density at radius 3 is 2.71 bits per heavy atom. The lowest BCUT2D eigenvalue weighted by molar-refractivity contribution is -0.0910. The number of alkyl halides is 2. The maximum Gasteiger partial charge on any atom is 0.258 e. The molecule has 1 fully saturated rings. The molecule has 0 bridgehead atoms. The molecule has 0 spiro atoms. The number of nitrogens with zero attached hydrogens (tertiary/aromatic N) is 2. The zero-order chi connectivity index (χ0) is 17.2. The average Bonchev–Trinajstić information content (AvgIpc) is 3.04. The Hall–Kier alpha value is -1.89. The van der Waals surface area contributed by atoms with Crippen molar-refractivity contribution in [2.45, 2.75) is 44.1 Å². The van der Waals surface area contributed by atoms with E-state index in [1.807, 2.05) is 0 Å². The van der Waals surface area contributed by atoms with E-state index in [-0.39, 0.29) is 5.82 Å². The monoisotopic (exact) mass is 340 g/mol.